The molecule has 1 N–H and O–H groups in total. The standard InChI is InChI=1S/C18H27N3O3/c1-20(2)10-6-9-19-18(23)15-11-17(22)21(13-15)12-14-7-4-5-8-16(14)24-3/h4-5,7-8,15H,6,9-13H2,1-3H3,(H,19,23). The fraction of sp³-hybridized carbons (Fsp3) is 0.556. The highest BCUT2D eigenvalue weighted by atomic mass is 16.5. The van der Waals surface area contributed by atoms with Crippen LogP contribution in [0.1, 0.15) is 18.4 Å². The van der Waals surface area contributed by atoms with Crippen molar-refractivity contribution >= 4 is 11.8 Å². The van der Waals surface area contributed by atoms with Gasteiger partial charge in [-0.1, -0.05) is 18.2 Å². The number of carbonyl (C=O) groups is 2. The van der Waals surface area contributed by atoms with Gasteiger partial charge >= 0.3 is 0 Å². The number of hydrogen-bond donors (Lipinski definition) is 1. The largest absolute Gasteiger partial charge is 0.496 e. The van der Waals surface area contributed by atoms with Crippen LogP contribution in [0.25, 0.3) is 0 Å². The Morgan fingerprint density at radius 2 is 2.12 bits per heavy atom. The SMILES string of the molecule is COc1ccccc1CN1CC(C(=O)NCCCN(C)C)CC1=O. The molecule has 0 radical (unpaired) electrons. The van der Waals surface area contributed by atoms with Crippen molar-refractivity contribution in [2.24, 2.45) is 5.92 Å². The summed E-state index contributed by atoms with van der Waals surface area (Å²) in [6.07, 6.45) is 1.19. The van der Waals surface area contributed by atoms with Crippen molar-refractivity contribution in [3.05, 3.63) is 29.8 Å². The highest BCUT2D eigenvalue weighted by molar-refractivity contribution is 5.89. The molecule has 132 valence electrons. The number of likely N-dealkylation sites (tertiary alicyclic amines) is 1. The van der Waals surface area contributed by atoms with E-state index in [2.05, 4.69) is 10.2 Å². The summed E-state index contributed by atoms with van der Waals surface area (Å²) in [4.78, 5) is 28.3. The number of benzene rings is 1. The molecule has 0 saturated carbocycles. The van der Waals surface area contributed by atoms with Crippen LogP contribution in [0.3, 0.4) is 0 Å². The molecule has 1 aliphatic rings. The van der Waals surface area contributed by atoms with Gasteiger partial charge in [-0.3, -0.25) is 9.59 Å². The lowest BCUT2D eigenvalue weighted by atomic mass is 10.1. The second-order valence-electron chi connectivity index (χ2n) is 6.44. The summed E-state index contributed by atoms with van der Waals surface area (Å²) in [6.45, 7) is 2.53. The van der Waals surface area contributed by atoms with Gasteiger partial charge in [0.05, 0.1) is 13.0 Å². The van der Waals surface area contributed by atoms with Gasteiger partial charge in [-0.2, -0.15) is 0 Å². The van der Waals surface area contributed by atoms with Crippen LogP contribution in [-0.2, 0) is 16.1 Å². The zero-order chi connectivity index (χ0) is 17.5. The first-order chi connectivity index (χ1) is 11.5. The Kier molecular flexibility index (Phi) is 6.61. The average Bonchev–Trinajstić information content (AvgIpc) is 2.93. The molecule has 1 aromatic carbocycles. The highest BCUT2D eigenvalue weighted by Gasteiger charge is 2.34. The molecule has 0 aromatic heterocycles. The van der Waals surface area contributed by atoms with E-state index in [-0.39, 0.29) is 24.2 Å². The molecule has 1 fully saturated rings. The maximum absolute atomic E-state index is 12.2. The van der Waals surface area contributed by atoms with E-state index in [1.165, 1.54) is 0 Å². The first-order valence-electron chi connectivity index (χ1n) is 8.33. The van der Waals surface area contributed by atoms with Crippen LogP contribution in [0.2, 0.25) is 0 Å². The molecule has 1 atom stereocenters. The van der Waals surface area contributed by atoms with Crippen molar-refractivity contribution in [1.29, 1.82) is 0 Å². The summed E-state index contributed by atoms with van der Waals surface area (Å²) in [7, 11) is 5.63. The number of ether oxygens (including phenoxy) is 1. The summed E-state index contributed by atoms with van der Waals surface area (Å²) in [5, 5.41) is 2.94. The third-order valence-electron chi connectivity index (χ3n) is 4.22. The molecule has 1 unspecified atom stereocenters. The Morgan fingerprint density at radius 1 is 1.38 bits per heavy atom. The second-order valence-corrected chi connectivity index (χ2v) is 6.44. The number of carbonyl (C=O) groups excluding carboxylic acids is 2. The van der Waals surface area contributed by atoms with Crippen molar-refractivity contribution in [3.8, 4) is 5.75 Å². The number of methoxy groups -OCH3 is 1. The summed E-state index contributed by atoms with van der Waals surface area (Å²) >= 11 is 0. The van der Waals surface area contributed by atoms with Crippen LogP contribution in [0, 0.1) is 5.92 Å². The molecular weight excluding hydrogens is 306 g/mol. The van der Waals surface area contributed by atoms with Gasteiger partial charge in [0.1, 0.15) is 5.75 Å². The Hall–Kier alpha value is -2.08. The molecule has 1 aliphatic heterocycles. The van der Waals surface area contributed by atoms with E-state index in [1.807, 2.05) is 38.4 Å². The van der Waals surface area contributed by atoms with E-state index in [9.17, 15) is 9.59 Å². The minimum atomic E-state index is -0.258. The van der Waals surface area contributed by atoms with Crippen LogP contribution >= 0.6 is 0 Å². The molecule has 0 bridgehead atoms. The molecule has 1 aromatic rings. The lowest BCUT2D eigenvalue weighted by Gasteiger charge is -2.18. The molecule has 1 heterocycles. The first kappa shape index (κ1) is 18.3. The average molecular weight is 333 g/mol. The summed E-state index contributed by atoms with van der Waals surface area (Å²) in [5.41, 5.74) is 0.959. The monoisotopic (exact) mass is 333 g/mol. The minimum Gasteiger partial charge on any atom is -0.496 e. The molecule has 6 nitrogen and oxygen atoms in total. The van der Waals surface area contributed by atoms with Crippen molar-refractivity contribution < 1.29 is 14.3 Å². The number of nitrogens with zero attached hydrogens (tertiary/aromatic N) is 2. The molecular formula is C18H27N3O3. The summed E-state index contributed by atoms with van der Waals surface area (Å²) in [5.74, 6) is 0.507. The highest BCUT2D eigenvalue weighted by Crippen LogP contribution is 2.24. The summed E-state index contributed by atoms with van der Waals surface area (Å²) < 4.78 is 5.33. The fourth-order valence-corrected chi connectivity index (χ4v) is 2.89. The summed E-state index contributed by atoms with van der Waals surface area (Å²) in [6, 6.07) is 7.65. The van der Waals surface area contributed by atoms with Crippen LogP contribution < -0.4 is 10.1 Å². The lowest BCUT2D eigenvalue weighted by Crippen LogP contribution is -2.34. The number of rotatable bonds is 8. The smallest absolute Gasteiger partial charge is 0.225 e. The van der Waals surface area contributed by atoms with Gasteiger partial charge in [-0.05, 0) is 33.1 Å². The third kappa shape index (κ3) is 4.96. The van der Waals surface area contributed by atoms with Crippen molar-refractivity contribution in [3.63, 3.8) is 0 Å². The van der Waals surface area contributed by atoms with E-state index < -0.39 is 0 Å². The van der Waals surface area contributed by atoms with E-state index in [0.29, 0.717) is 19.6 Å². The molecule has 1 saturated heterocycles. The topological polar surface area (TPSA) is 61.9 Å². The predicted molar refractivity (Wildman–Crippen MR) is 92.7 cm³/mol. The number of hydrogen-bond acceptors (Lipinski definition) is 4. The van der Waals surface area contributed by atoms with Crippen LogP contribution in [0.5, 0.6) is 5.75 Å². The maximum Gasteiger partial charge on any atom is 0.225 e. The van der Waals surface area contributed by atoms with Crippen molar-refractivity contribution in [2.45, 2.75) is 19.4 Å². The van der Waals surface area contributed by atoms with Crippen LogP contribution in [-0.4, -0.2) is 62.5 Å². The van der Waals surface area contributed by atoms with E-state index in [0.717, 1.165) is 24.3 Å². The zero-order valence-corrected chi connectivity index (χ0v) is 14.7. The van der Waals surface area contributed by atoms with Crippen LogP contribution in [0.15, 0.2) is 24.3 Å². The Balaban J connectivity index is 1.85. The maximum atomic E-state index is 12.2. The molecule has 6 heteroatoms. The van der Waals surface area contributed by atoms with Gasteiger partial charge in [0, 0.05) is 31.6 Å². The number of nitrogens with one attached hydrogen (secondary N) is 1. The first-order valence-corrected chi connectivity index (χ1v) is 8.33. The lowest BCUT2D eigenvalue weighted by molar-refractivity contribution is -0.129. The molecule has 2 rings (SSSR count). The predicted octanol–water partition coefficient (Wildman–Crippen LogP) is 1.11. The normalized spacial score (nSPS) is 17.4. The number of para-hydroxylation sites is 1. The van der Waals surface area contributed by atoms with Gasteiger partial charge in [0.15, 0.2) is 0 Å². The van der Waals surface area contributed by atoms with Gasteiger partial charge in [-0.25, -0.2) is 0 Å². The fourth-order valence-electron chi connectivity index (χ4n) is 2.89. The Morgan fingerprint density at radius 3 is 2.83 bits per heavy atom. The minimum absolute atomic E-state index is 0.0225. The zero-order valence-electron chi connectivity index (χ0n) is 14.7. The Labute approximate surface area is 143 Å². The quantitative estimate of drug-likeness (QED) is 0.724. The van der Waals surface area contributed by atoms with Crippen molar-refractivity contribution in [1.82, 2.24) is 15.1 Å². The van der Waals surface area contributed by atoms with E-state index in [4.69, 9.17) is 4.74 Å². The van der Waals surface area contributed by atoms with Crippen LogP contribution in [0.4, 0.5) is 0 Å². The van der Waals surface area contributed by atoms with E-state index >= 15 is 0 Å². The molecule has 0 spiro atoms. The molecule has 0 aliphatic carbocycles. The third-order valence-corrected chi connectivity index (χ3v) is 4.22. The van der Waals surface area contributed by atoms with Gasteiger partial charge in [0.2, 0.25) is 11.8 Å². The molecule has 24 heavy (non-hydrogen) atoms. The van der Waals surface area contributed by atoms with Gasteiger partial charge in [0.25, 0.3) is 0 Å². The van der Waals surface area contributed by atoms with E-state index in [1.54, 1.807) is 12.0 Å². The number of amides is 2. The van der Waals surface area contributed by atoms with Gasteiger partial charge < -0.3 is 19.9 Å². The van der Waals surface area contributed by atoms with Gasteiger partial charge in [-0.15, -0.1) is 0 Å². The molecule has 2 amide bonds. The van der Waals surface area contributed by atoms with Crippen molar-refractivity contribution in [2.75, 3.05) is 40.8 Å². The Bertz CT molecular complexity index is 574. The second kappa shape index (κ2) is 8.68.